The Morgan fingerprint density at radius 1 is 0.769 bits per heavy atom. The minimum absolute atomic E-state index is 0. The summed E-state index contributed by atoms with van der Waals surface area (Å²) in [6.45, 7) is 4.79. The molecular formula is C8H22Cl2O2Zr. The molecule has 13 heavy (non-hydrogen) atoms. The predicted molar refractivity (Wildman–Crippen MR) is 58.5 cm³/mol. The van der Waals surface area contributed by atoms with Crippen molar-refractivity contribution in [1.29, 1.82) is 0 Å². The van der Waals surface area contributed by atoms with Crippen molar-refractivity contribution < 1.29 is 36.4 Å². The molecule has 0 amide bonds. The molecule has 0 aromatic rings. The van der Waals surface area contributed by atoms with Gasteiger partial charge in [-0.25, -0.2) is 0 Å². The second-order valence-electron chi connectivity index (χ2n) is 2.15. The molecule has 0 aromatic heterocycles. The van der Waals surface area contributed by atoms with Crippen LogP contribution in [0.2, 0.25) is 0 Å². The zero-order valence-corrected chi connectivity index (χ0v) is 12.5. The van der Waals surface area contributed by atoms with Crippen LogP contribution in [-0.4, -0.2) is 23.4 Å². The largest absolute Gasteiger partial charge is 0.396 e. The SMILES string of the molecule is CCCCO.CCCCO.Cl.Cl.[Zr]. The molecule has 0 radical (unpaired) electrons. The van der Waals surface area contributed by atoms with Crippen molar-refractivity contribution in [3.63, 3.8) is 0 Å². The zero-order chi connectivity index (χ0) is 8.24. The van der Waals surface area contributed by atoms with Crippen LogP contribution >= 0.6 is 24.8 Å². The van der Waals surface area contributed by atoms with E-state index in [1.165, 1.54) is 0 Å². The summed E-state index contributed by atoms with van der Waals surface area (Å²) in [7, 11) is 0. The van der Waals surface area contributed by atoms with Crippen LogP contribution in [0.15, 0.2) is 0 Å². The molecule has 0 aliphatic rings. The number of unbranched alkanes of at least 4 members (excludes halogenated alkanes) is 2. The maximum Gasteiger partial charge on any atom is 0.0430 e. The Kier molecular flexibility index (Phi) is 84.7. The summed E-state index contributed by atoms with van der Waals surface area (Å²) < 4.78 is 0. The Labute approximate surface area is 113 Å². The van der Waals surface area contributed by atoms with Gasteiger partial charge in [0.25, 0.3) is 0 Å². The van der Waals surface area contributed by atoms with Gasteiger partial charge in [-0.15, -0.1) is 24.8 Å². The average Bonchev–Trinajstić information content (AvgIpc) is 1.93. The van der Waals surface area contributed by atoms with E-state index in [1.807, 2.05) is 0 Å². The molecule has 0 fully saturated rings. The zero-order valence-electron chi connectivity index (χ0n) is 8.45. The van der Waals surface area contributed by atoms with Crippen LogP contribution in [0.3, 0.4) is 0 Å². The van der Waals surface area contributed by atoms with Gasteiger partial charge in [0, 0.05) is 39.4 Å². The summed E-state index contributed by atoms with van der Waals surface area (Å²) in [4.78, 5) is 0. The minimum Gasteiger partial charge on any atom is -0.396 e. The molecular weight excluding hydrogens is 290 g/mol. The second kappa shape index (κ2) is 37.6. The second-order valence-corrected chi connectivity index (χ2v) is 2.15. The first-order valence-electron chi connectivity index (χ1n) is 4.05. The third-order valence-corrected chi connectivity index (χ3v) is 1.02. The normalized spacial score (nSPS) is 6.46. The molecule has 0 bridgehead atoms. The fourth-order valence-electron chi connectivity index (χ4n) is 0.316. The van der Waals surface area contributed by atoms with Crippen molar-refractivity contribution >= 4 is 24.8 Å². The van der Waals surface area contributed by atoms with Gasteiger partial charge >= 0.3 is 0 Å². The first-order valence-corrected chi connectivity index (χ1v) is 4.05. The Balaban J connectivity index is -0.0000000267. The first-order chi connectivity index (χ1) is 4.83. The fraction of sp³-hybridized carbons (Fsp3) is 1.00. The molecule has 2 nitrogen and oxygen atoms in total. The van der Waals surface area contributed by atoms with Gasteiger partial charge in [-0.3, -0.25) is 0 Å². The summed E-state index contributed by atoms with van der Waals surface area (Å²) in [6.07, 6.45) is 4.08. The molecule has 0 saturated carbocycles. The third kappa shape index (κ3) is 59.8. The van der Waals surface area contributed by atoms with Gasteiger partial charge in [-0.1, -0.05) is 26.7 Å². The van der Waals surface area contributed by atoms with Crippen LogP contribution in [-0.2, 0) is 26.2 Å². The molecule has 0 rings (SSSR count). The summed E-state index contributed by atoms with van der Waals surface area (Å²) in [5.74, 6) is 0. The number of aliphatic hydroxyl groups is 2. The number of hydrogen-bond acceptors (Lipinski definition) is 2. The molecule has 2 N–H and O–H groups in total. The average molecular weight is 312 g/mol. The minimum atomic E-state index is 0. The van der Waals surface area contributed by atoms with Crippen molar-refractivity contribution in [2.45, 2.75) is 39.5 Å². The molecule has 0 atom stereocenters. The van der Waals surface area contributed by atoms with E-state index in [-0.39, 0.29) is 51.0 Å². The van der Waals surface area contributed by atoms with Crippen LogP contribution in [0.4, 0.5) is 0 Å². The maximum atomic E-state index is 8.07. The summed E-state index contributed by atoms with van der Waals surface area (Å²) >= 11 is 0. The van der Waals surface area contributed by atoms with Gasteiger partial charge in [-0.2, -0.15) is 0 Å². The topological polar surface area (TPSA) is 40.5 Å². The van der Waals surface area contributed by atoms with Crippen molar-refractivity contribution in [2.24, 2.45) is 0 Å². The van der Waals surface area contributed by atoms with Crippen molar-refractivity contribution in [1.82, 2.24) is 0 Å². The standard InChI is InChI=1S/2C4H10O.2ClH.Zr/c2*1-2-3-4-5;;;/h2*5H,2-4H2,1H3;2*1H;. The van der Waals surface area contributed by atoms with E-state index < -0.39 is 0 Å². The number of halogens is 2. The smallest absolute Gasteiger partial charge is 0.0430 e. The monoisotopic (exact) mass is 310 g/mol. The van der Waals surface area contributed by atoms with Crippen LogP contribution in [0.1, 0.15) is 39.5 Å². The quantitative estimate of drug-likeness (QED) is 0.837. The van der Waals surface area contributed by atoms with Gasteiger partial charge < -0.3 is 10.2 Å². The molecule has 84 valence electrons. The summed E-state index contributed by atoms with van der Waals surface area (Å²) in [5, 5.41) is 16.1. The molecule has 0 aromatic carbocycles. The van der Waals surface area contributed by atoms with E-state index in [1.54, 1.807) is 0 Å². The maximum absolute atomic E-state index is 8.07. The molecule has 5 heteroatoms. The predicted octanol–water partition coefficient (Wildman–Crippen LogP) is 2.40. The van der Waals surface area contributed by atoms with Crippen molar-refractivity contribution in [2.75, 3.05) is 13.2 Å². The molecule has 0 aliphatic heterocycles. The Bertz CT molecular complexity index is 41.1. The Morgan fingerprint density at radius 3 is 1.00 bits per heavy atom. The first kappa shape index (κ1) is 29.3. The number of rotatable bonds is 4. The van der Waals surface area contributed by atoms with Gasteiger partial charge in [0.05, 0.1) is 0 Å². The molecule has 0 unspecified atom stereocenters. The molecule has 0 spiro atoms. The Hall–Kier alpha value is 1.38. The number of hydrogen-bond donors (Lipinski definition) is 2. The van der Waals surface area contributed by atoms with Crippen LogP contribution in [0, 0.1) is 0 Å². The van der Waals surface area contributed by atoms with Crippen LogP contribution in [0.5, 0.6) is 0 Å². The van der Waals surface area contributed by atoms with Gasteiger partial charge in [0.15, 0.2) is 0 Å². The Morgan fingerprint density at radius 2 is 1.00 bits per heavy atom. The van der Waals surface area contributed by atoms with E-state index in [4.69, 9.17) is 10.2 Å². The van der Waals surface area contributed by atoms with Gasteiger partial charge in [0.2, 0.25) is 0 Å². The van der Waals surface area contributed by atoms with Crippen molar-refractivity contribution in [3.05, 3.63) is 0 Å². The van der Waals surface area contributed by atoms with Gasteiger partial charge in [-0.05, 0) is 12.8 Å². The van der Waals surface area contributed by atoms with Gasteiger partial charge in [0.1, 0.15) is 0 Å². The third-order valence-electron chi connectivity index (χ3n) is 1.02. The van der Waals surface area contributed by atoms with E-state index in [0.29, 0.717) is 13.2 Å². The summed E-state index contributed by atoms with van der Waals surface area (Å²) in [5.41, 5.74) is 0. The van der Waals surface area contributed by atoms with E-state index in [0.717, 1.165) is 25.7 Å². The van der Waals surface area contributed by atoms with E-state index >= 15 is 0 Å². The van der Waals surface area contributed by atoms with E-state index in [9.17, 15) is 0 Å². The van der Waals surface area contributed by atoms with Crippen molar-refractivity contribution in [3.8, 4) is 0 Å². The van der Waals surface area contributed by atoms with Crippen LogP contribution < -0.4 is 0 Å². The van der Waals surface area contributed by atoms with Crippen LogP contribution in [0.25, 0.3) is 0 Å². The van der Waals surface area contributed by atoms with E-state index in [2.05, 4.69) is 13.8 Å². The molecule has 0 saturated heterocycles. The summed E-state index contributed by atoms with van der Waals surface area (Å²) in [6, 6.07) is 0. The molecule has 0 aliphatic carbocycles. The number of aliphatic hydroxyl groups excluding tert-OH is 2. The molecule has 0 heterocycles. The fourth-order valence-corrected chi connectivity index (χ4v) is 0.316.